The predicted molar refractivity (Wildman–Crippen MR) is 91.3 cm³/mol. The molecule has 1 N–H and O–H groups in total. The van der Waals surface area contributed by atoms with Gasteiger partial charge in [0.05, 0.1) is 0 Å². The number of ether oxygens (including phenoxy) is 1. The molecular formula is C18H23F2N3O3. The number of amides is 3. The van der Waals surface area contributed by atoms with Gasteiger partial charge in [-0.15, -0.1) is 0 Å². The van der Waals surface area contributed by atoms with Gasteiger partial charge in [0, 0.05) is 37.8 Å². The lowest BCUT2D eigenvalue weighted by atomic mass is 10.0. The van der Waals surface area contributed by atoms with Crippen molar-refractivity contribution < 1.29 is 23.1 Å². The lowest BCUT2D eigenvalue weighted by Crippen LogP contribution is -2.50. The van der Waals surface area contributed by atoms with Gasteiger partial charge in [-0.25, -0.2) is 4.79 Å². The molecule has 142 valence electrons. The Bertz CT molecular complexity index is 642. The van der Waals surface area contributed by atoms with Gasteiger partial charge >= 0.3 is 12.6 Å². The van der Waals surface area contributed by atoms with E-state index in [4.69, 9.17) is 0 Å². The molecule has 0 spiro atoms. The maximum absolute atomic E-state index is 12.4. The Morgan fingerprint density at radius 2 is 1.73 bits per heavy atom. The molecular weight excluding hydrogens is 344 g/mol. The quantitative estimate of drug-likeness (QED) is 0.890. The van der Waals surface area contributed by atoms with E-state index in [2.05, 4.69) is 10.1 Å². The van der Waals surface area contributed by atoms with Crippen LogP contribution in [0.5, 0.6) is 5.75 Å². The largest absolute Gasteiger partial charge is 0.435 e. The molecule has 1 aromatic rings. The molecule has 2 heterocycles. The number of urea groups is 1. The Morgan fingerprint density at radius 3 is 2.38 bits per heavy atom. The van der Waals surface area contributed by atoms with E-state index in [1.54, 1.807) is 6.07 Å². The van der Waals surface area contributed by atoms with Crippen molar-refractivity contribution in [3.8, 4) is 5.75 Å². The zero-order valence-corrected chi connectivity index (χ0v) is 14.5. The first-order valence-corrected chi connectivity index (χ1v) is 8.92. The number of carbonyl (C=O) groups is 2. The summed E-state index contributed by atoms with van der Waals surface area (Å²) < 4.78 is 28.9. The highest BCUT2D eigenvalue weighted by molar-refractivity contribution is 5.94. The fraction of sp³-hybridized carbons (Fsp3) is 0.556. The third-order valence-electron chi connectivity index (χ3n) is 4.80. The van der Waals surface area contributed by atoms with Gasteiger partial charge in [0.2, 0.25) is 0 Å². The van der Waals surface area contributed by atoms with Crippen LogP contribution in [0, 0.1) is 0 Å². The smallest absolute Gasteiger partial charge is 0.387 e. The van der Waals surface area contributed by atoms with Gasteiger partial charge in [0.25, 0.3) is 5.91 Å². The van der Waals surface area contributed by atoms with Gasteiger partial charge in [-0.2, -0.15) is 8.78 Å². The number of carbonyl (C=O) groups excluding carboxylic acids is 2. The lowest BCUT2D eigenvalue weighted by molar-refractivity contribution is -0.0498. The van der Waals surface area contributed by atoms with Gasteiger partial charge in [-0.1, -0.05) is 6.07 Å². The summed E-state index contributed by atoms with van der Waals surface area (Å²) in [5.41, 5.74) is 0.277. The van der Waals surface area contributed by atoms with Gasteiger partial charge in [-0.3, -0.25) is 4.79 Å². The predicted octanol–water partition coefficient (Wildman–Crippen LogP) is 2.70. The fourth-order valence-electron chi connectivity index (χ4n) is 3.41. The Kier molecular flexibility index (Phi) is 5.90. The zero-order valence-electron chi connectivity index (χ0n) is 14.5. The number of hydrogen-bond donors (Lipinski definition) is 1. The normalized spacial score (nSPS) is 18.3. The summed E-state index contributed by atoms with van der Waals surface area (Å²) in [5.74, 6) is -0.368. The van der Waals surface area contributed by atoms with Crippen LogP contribution in [-0.2, 0) is 0 Å². The van der Waals surface area contributed by atoms with Crippen molar-refractivity contribution in [2.24, 2.45) is 0 Å². The second kappa shape index (κ2) is 8.33. The van der Waals surface area contributed by atoms with E-state index in [1.165, 1.54) is 18.2 Å². The summed E-state index contributed by atoms with van der Waals surface area (Å²) in [4.78, 5) is 28.4. The van der Waals surface area contributed by atoms with Crippen LogP contribution in [0.15, 0.2) is 24.3 Å². The Labute approximate surface area is 151 Å². The van der Waals surface area contributed by atoms with Crippen LogP contribution in [0.4, 0.5) is 13.6 Å². The van der Waals surface area contributed by atoms with Crippen LogP contribution in [0.1, 0.15) is 36.0 Å². The van der Waals surface area contributed by atoms with E-state index < -0.39 is 6.61 Å². The van der Waals surface area contributed by atoms with Crippen LogP contribution in [0.2, 0.25) is 0 Å². The lowest BCUT2D eigenvalue weighted by Gasteiger charge is -2.34. The van der Waals surface area contributed by atoms with E-state index >= 15 is 0 Å². The van der Waals surface area contributed by atoms with Crippen molar-refractivity contribution in [3.05, 3.63) is 29.8 Å². The SMILES string of the molecule is O=C(NC1CCN(C(=O)N2CCCC2)CC1)c1cccc(OC(F)F)c1. The molecule has 2 aliphatic heterocycles. The number of likely N-dealkylation sites (tertiary alicyclic amines) is 2. The minimum Gasteiger partial charge on any atom is -0.435 e. The first-order chi connectivity index (χ1) is 12.5. The summed E-state index contributed by atoms with van der Waals surface area (Å²) in [5, 5.41) is 2.91. The van der Waals surface area contributed by atoms with Crippen molar-refractivity contribution in [1.29, 1.82) is 0 Å². The van der Waals surface area contributed by atoms with E-state index in [0.29, 0.717) is 25.9 Å². The summed E-state index contributed by atoms with van der Waals surface area (Å²) in [6, 6.07) is 5.79. The molecule has 8 heteroatoms. The highest BCUT2D eigenvalue weighted by atomic mass is 19.3. The van der Waals surface area contributed by atoms with Crippen LogP contribution < -0.4 is 10.1 Å². The van der Waals surface area contributed by atoms with Gasteiger partial charge in [0.15, 0.2) is 0 Å². The van der Waals surface area contributed by atoms with Crippen molar-refractivity contribution in [2.45, 2.75) is 38.3 Å². The molecule has 2 saturated heterocycles. The number of nitrogens with zero attached hydrogens (tertiary/aromatic N) is 2. The van der Waals surface area contributed by atoms with E-state index in [9.17, 15) is 18.4 Å². The third kappa shape index (κ3) is 4.62. The van der Waals surface area contributed by atoms with Crippen molar-refractivity contribution >= 4 is 11.9 Å². The van der Waals surface area contributed by atoms with E-state index in [-0.39, 0.29) is 29.3 Å². The van der Waals surface area contributed by atoms with Crippen molar-refractivity contribution in [2.75, 3.05) is 26.2 Å². The number of piperidine rings is 1. The molecule has 3 rings (SSSR count). The zero-order chi connectivity index (χ0) is 18.5. The Hall–Kier alpha value is -2.38. The van der Waals surface area contributed by atoms with Crippen molar-refractivity contribution in [3.63, 3.8) is 0 Å². The van der Waals surface area contributed by atoms with Crippen LogP contribution in [0.3, 0.4) is 0 Å². The molecule has 2 fully saturated rings. The number of hydrogen-bond acceptors (Lipinski definition) is 3. The molecule has 0 aromatic heterocycles. The summed E-state index contributed by atoms with van der Waals surface area (Å²) >= 11 is 0. The molecule has 6 nitrogen and oxygen atoms in total. The maximum Gasteiger partial charge on any atom is 0.387 e. The van der Waals surface area contributed by atoms with Gasteiger partial charge in [-0.05, 0) is 43.9 Å². The molecule has 3 amide bonds. The summed E-state index contributed by atoms with van der Waals surface area (Å²) in [6.07, 6.45) is 3.48. The van der Waals surface area contributed by atoms with E-state index in [0.717, 1.165) is 25.9 Å². The number of alkyl halides is 2. The molecule has 0 bridgehead atoms. The third-order valence-corrected chi connectivity index (χ3v) is 4.80. The van der Waals surface area contributed by atoms with Crippen molar-refractivity contribution in [1.82, 2.24) is 15.1 Å². The number of nitrogens with one attached hydrogen (secondary N) is 1. The molecule has 0 unspecified atom stereocenters. The average molecular weight is 367 g/mol. The van der Waals surface area contributed by atoms with Crippen LogP contribution in [0.25, 0.3) is 0 Å². The highest BCUT2D eigenvalue weighted by Crippen LogP contribution is 2.18. The molecule has 0 radical (unpaired) electrons. The minimum absolute atomic E-state index is 0.0372. The summed E-state index contributed by atoms with van der Waals surface area (Å²) in [7, 11) is 0. The van der Waals surface area contributed by atoms with E-state index in [1.807, 2.05) is 9.80 Å². The number of rotatable bonds is 4. The molecule has 2 aliphatic rings. The fourth-order valence-corrected chi connectivity index (χ4v) is 3.41. The summed E-state index contributed by atoms with van der Waals surface area (Å²) in [6.45, 7) is -0.0614. The second-order valence-corrected chi connectivity index (χ2v) is 6.62. The molecule has 0 aliphatic carbocycles. The number of benzene rings is 1. The average Bonchev–Trinajstić information content (AvgIpc) is 3.16. The molecule has 1 aromatic carbocycles. The molecule has 0 atom stereocenters. The standard InChI is InChI=1S/C18H23F2N3O3/c19-17(20)26-15-5-3-4-13(12-15)16(24)21-14-6-10-23(11-7-14)18(25)22-8-1-2-9-22/h3-5,12,14,17H,1-2,6-11H2,(H,21,24). The number of halogens is 2. The second-order valence-electron chi connectivity index (χ2n) is 6.62. The Morgan fingerprint density at radius 1 is 1.08 bits per heavy atom. The molecule has 0 saturated carbocycles. The Balaban J connectivity index is 1.49. The van der Waals surface area contributed by atoms with Gasteiger partial charge < -0.3 is 19.9 Å². The first-order valence-electron chi connectivity index (χ1n) is 8.92. The minimum atomic E-state index is -2.93. The first kappa shape index (κ1) is 18.4. The van der Waals surface area contributed by atoms with Crippen LogP contribution in [-0.4, -0.2) is 60.6 Å². The topological polar surface area (TPSA) is 61.9 Å². The monoisotopic (exact) mass is 367 g/mol. The highest BCUT2D eigenvalue weighted by Gasteiger charge is 2.28. The van der Waals surface area contributed by atoms with Crippen LogP contribution >= 0.6 is 0 Å². The maximum atomic E-state index is 12.4. The molecule has 26 heavy (non-hydrogen) atoms. The van der Waals surface area contributed by atoms with Gasteiger partial charge in [0.1, 0.15) is 5.75 Å².